The molecule has 5 rings (SSSR count). The normalized spacial score (nSPS) is 15.7. The minimum atomic E-state index is -0.316. The topological polar surface area (TPSA) is 92.4 Å². The van der Waals surface area contributed by atoms with Crippen LogP contribution < -0.4 is 4.74 Å². The quantitative estimate of drug-likeness (QED) is 0.498. The van der Waals surface area contributed by atoms with Gasteiger partial charge in [0.25, 0.3) is 0 Å². The van der Waals surface area contributed by atoms with Gasteiger partial charge in [0.05, 0.1) is 29.8 Å². The predicted molar refractivity (Wildman–Crippen MR) is 104 cm³/mol. The molecule has 0 spiro atoms. The van der Waals surface area contributed by atoms with Crippen molar-refractivity contribution in [2.45, 2.75) is 19.3 Å². The summed E-state index contributed by atoms with van der Waals surface area (Å²) in [5.41, 5.74) is 5.36. The van der Waals surface area contributed by atoms with Gasteiger partial charge in [-0.05, 0) is 18.2 Å². The molecule has 4 heterocycles. The lowest BCUT2D eigenvalue weighted by Gasteiger charge is -2.17. The fourth-order valence-electron chi connectivity index (χ4n) is 3.93. The molecule has 1 aromatic carbocycles. The molecular formula is C21H17FN6O. The van der Waals surface area contributed by atoms with Crippen LogP contribution in [0.1, 0.15) is 35.4 Å². The largest absolute Gasteiger partial charge is 0.493 e. The van der Waals surface area contributed by atoms with Crippen molar-refractivity contribution in [3.05, 3.63) is 58.9 Å². The number of rotatable bonds is 0. The van der Waals surface area contributed by atoms with E-state index in [-0.39, 0.29) is 11.7 Å². The zero-order chi connectivity index (χ0) is 20.1. The maximum absolute atomic E-state index is 14.0. The highest BCUT2D eigenvalue weighted by atomic mass is 19.1. The average molecular weight is 388 g/mol. The van der Waals surface area contributed by atoms with E-state index in [1.54, 1.807) is 24.0 Å². The molecule has 4 aromatic rings. The molecule has 0 saturated heterocycles. The number of halogens is 1. The molecule has 7 nitrogen and oxygen atoms in total. The Hall–Kier alpha value is -3.73. The number of hydrogen-bond acceptors (Lipinski definition) is 5. The van der Waals surface area contributed by atoms with Gasteiger partial charge in [0.1, 0.15) is 28.8 Å². The molecule has 29 heavy (non-hydrogen) atoms. The summed E-state index contributed by atoms with van der Waals surface area (Å²) in [4.78, 5) is 12.5. The van der Waals surface area contributed by atoms with Crippen LogP contribution in [-0.2, 0) is 13.5 Å². The number of nitrogens with zero attached hydrogens (tertiary/aromatic N) is 5. The third kappa shape index (κ3) is 2.66. The Morgan fingerprint density at radius 3 is 3.03 bits per heavy atom. The van der Waals surface area contributed by atoms with Gasteiger partial charge in [-0.25, -0.2) is 14.4 Å². The zero-order valence-electron chi connectivity index (χ0n) is 15.9. The van der Waals surface area contributed by atoms with Crippen molar-refractivity contribution in [3.8, 4) is 23.1 Å². The number of benzene rings is 1. The third-order valence-electron chi connectivity index (χ3n) is 5.39. The molecule has 1 N–H and O–H groups in total. The van der Waals surface area contributed by atoms with Crippen molar-refractivity contribution in [1.82, 2.24) is 24.7 Å². The van der Waals surface area contributed by atoms with Crippen LogP contribution in [0, 0.1) is 17.1 Å². The number of aryl methyl sites for hydroxylation is 1. The fourth-order valence-corrected chi connectivity index (χ4v) is 3.93. The van der Waals surface area contributed by atoms with Gasteiger partial charge in [-0.2, -0.15) is 10.4 Å². The van der Waals surface area contributed by atoms with Crippen LogP contribution in [0.15, 0.2) is 30.6 Å². The Labute approximate surface area is 165 Å². The molecule has 0 fully saturated rings. The highest BCUT2D eigenvalue weighted by molar-refractivity contribution is 5.80. The van der Waals surface area contributed by atoms with Crippen LogP contribution in [0.5, 0.6) is 5.75 Å². The van der Waals surface area contributed by atoms with E-state index in [0.29, 0.717) is 52.6 Å². The van der Waals surface area contributed by atoms with Crippen molar-refractivity contribution in [2.75, 3.05) is 6.61 Å². The van der Waals surface area contributed by atoms with Gasteiger partial charge in [-0.3, -0.25) is 4.68 Å². The van der Waals surface area contributed by atoms with Crippen molar-refractivity contribution in [3.63, 3.8) is 0 Å². The number of nitriles is 1. The van der Waals surface area contributed by atoms with E-state index in [2.05, 4.69) is 21.1 Å². The second-order valence-corrected chi connectivity index (χ2v) is 7.10. The van der Waals surface area contributed by atoms with E-state index in [1.165, 1.54) is 12.1 Å². The Morgan fingerprint density at radius 2 is 2.21 bits per heavy atom. The monoisotopic (exact) mass is 388 g/mol. The summed E-state index contributed by atoms with van der Waals surface area (Å²) in [6.45, 7) is 2.33. The number of aromatic amines is 1. The van der Waals surface area contributed by atoms with Gasteiger partial charge in [-0.1, -0.05) is 6.92 Å². The van der Waals surface area contributed by atoms with Crippen molar-refractivity contribution >= 4 is 11.2 Å². The molecule has 1 unspecified atom stereocenters. The summed E-state index contributed by atoms with van der Waals surface area (Å²) in [7, 11) is 1.73. The Balaban J connectivity index is 1.80. The molecule has 0 saturated carbocycles. The molecule has 8 heteroatoms. The summed E-state index contributed by atoms with van der Waals surface area (Å²) in [6.07, 6.45) is 3.97. The number of fused-ring (bicyclic) bond motifs is 4. The van der Waals surface area contributed by atoms with E-state index in [9.17, 15) is 9.65 Å². The van der Waals surface area contributed by atoms with Gasteiger partial charge in [0, 0.05) is 36.7 Å². The van der Waals surface area contributed by atoms with Crippen molar-refractivity contribution in [2.24, 2.45) is 7.05 Å². The zero-order valence-corrected chi connectivity index (χ0v) is 15.9. The molecule has 3 aromatic heterocycles. The molecule has 1 atom stereocenters. The molecule has 1 aliphatic rings. The van der Waals surface area contributed by atoms with Crippen molar-refractivity contribution in [1.29, 1.82) is 5.26 Å². The summed E-state index contributed by atoms with van der Waals surface area (Å²) in [5, 5.41) is 14.2. The lowest BCUT2D eigenvalue weighted by atomic mass is 9.93. The van der Waals surface area contributed by atoms with Gasteiger partial charge < -0.3 is 9.72 Å². The Bertz CT molecular complexity index is 1300. The SMILES string of the molecule is CC1c2cc(F)ccc2OCCc2nn(C)c(C#N)c2-c2cnc3[nH]cc1c3n2. The number of hydrogen-bond donors (Lipinski definition) is 1. The molecule has 2 bridgehead atoms. The average Bonchev–Trinajstić information content (AvgIpc) is 3.27. The van der Waals surface area contributed by atoms with Gasteiger partial charge in [-0.15, -0.1) is 0 Å². The maximum Gasteiger partial charge on any atom is 0.156 e. The highest BCUT2D eigenvalue weighted by Gasteiger charge is 2.24. The molecule has 144 valence electrons. The summed E-state index contributed by atoms with van der Waals surface area (Å²) in [5.74, 6) is 0.141. The second-order valence-electron chi connectivity index (χ2n) is 7.10. The van der Waals surface area contributed by atoms with Gasteiger partial charge >= 0.3 is 0 Å². The fraction of sp³-hybridized carbons (Fsp3) is 0.238. The molecule has 1 aliphatic heterocycles. The predicted octanol–water partition coefficient (Wildman–Crippen LogP) is 3.46. The Morgan fingerprint density at radius 1 is 1.34 bits per heavy atom. The van der Waals surface area contributed by atoms with E-state index in [4.69, 9.17) is 9.72 Å². The standard InChI is InChI=1S/C21H17FN6O/c1-11-13-7-12(22)3-4-18(13)29-6-5-15-19(17(8-23)28(2)27-15)16-10-25-21-20(26-16)14(11)9-24-21/h3-4,7,9-11H,5-6H2,1-2H3,(H,24,25). The van der Waals surface area contributed by atoms with E-state index >= 15 is 0 Å². The van der Waals surface area contributed by atoms with Crippen molar-refractivity contribution < 1.29 is 9.13 Å². The number of H-pyrrole nitrogens is 1. The first kappa shape index (κ1) is 17.4. The summed E-state index contributed by atoms with van der Waals surface area (Å²) in [6, 6.07) is 6.76. The molecule has 0 aliphatic carbocycles. The molecule has 0 radical (unpaired) electrons. The highest BCUT2D eigenvalue weighted by Crippen LogP contribution is 2.36. The lowest BCUT2D eigenvalue weighted by Crippen LogP contribution is -2.08. The smallest absolute Gasteiger partial charge is 0.156 e. The third-order valence-corrected chi connectivity index (χ3v) is 5.39. The first-order chi connectivity index (χ1) is 14.1. The van der Waals surface area contributed by atoms with E-state index in [0.717, 1.165) is 11.1 Å². The van der Waals surface area contributed by atoms with E-state index < -0.39 is 0 Å². The van der Waals surface area contributed by atoms with Gasteiger partial charge in [0.2, 0.25) is 0 Å². The Kier molecular flexibility index (Phi) is 3.84. The maximum atomic E-state index is 14.0. The number of ether oxygens (including phenoxy) is 1. The van der Waals surface area contributed by atoms with Crippen LogP contribution in [-0.4, -0.2) is 31.3 Å². The number of aromatic nitrogens is 5. The van der Waals surface area contributed by atoms with Crippen LogP contribution >= 0.6 is 0 Å². The van der Waals surface area contributed by atoms with Crippen LogP contribution in [0.4, 0.5) is 4.39 Å². The lowest BCUT2D eigenvalue weighted by molar-refractivity contribution is 0.315. The van der Waals surface area contributed by atoms with Crippen LogP contribution in [0.2, 0.25) is 0 Å². The molecular weight excluding hydrogens is 371 g/mol. The van der Waals surface area contributed by atoms with E-state index in [1.807, 2.05) is 13.1 Å². The van der Waals surface area contributed by atoms with Crippen LogP contribution in [0.3, 0.4) is 0 Å². The first-order valence-corrected chi connectivity index (χ1v) is 9.29. The molecule has 0 amide bonds. The van der Waals surface area contributed by atoms with Crippen LogP contribution in [0.25, 0.3) is 22.4 Å². The summed E-state index contributed by atoms with van der Waals surface area (Å²) >= 11 is 0. The number of nitrogens with one attached hydrogen (secondary N) is 1. The minimum Gasteiger partial charge on any atom is -0.493 e. The summed E-state index contributed by atoms with van der Waals surface area (Å²) < 4.78 is 21.6. The first-order valence-electron chi connectivity index (χ1n) is 9.29. The second kappa shape index (κ2) is 6.41. The van der Waals surface area contributed by atoms with Gasteiger partial charge in [0.15, 0.2) is 5.65 Å². The minimum absolute atomic E-state index is 0.165.